The third kappa shape index (κ3) is 8.07. The minimum Gasteiger partial charge on any atom is -0.352 e. The average Bonchev–Trinajstić information content (AvgIpc) is 2.99. The van der Waals surface area contributed by atoms with Crippen LogP contribution in [0.3, 0.4) is 0 Å². The predicted molar refractivity (Wildman–Crippen MR) is 176 cm³/mol. The Hall–Kier alpha value is -4.14. The summed E-state index contributed by atoms with van der Waals surface area (Å²) >= 11 is 6.54. The second-order valence-electron chi connectivity index (χ2n) is 11.1. The van der Waals surface area contributed by atoms with Crippen LogP contribution in [-0.2, 0) is 32.6 Å². The number of aryl methyl sites for hydroxylation is 2. The molecule has 0 unspecified atom stereocenters. The molecule has 0 aliphatic heterocycles. The van der Waals surface area contributed by atoms with Gasteiger partial charge in [0.15, 0.2) is 0 Å². The van der Waals surface area contributed by atoms with Gasteiger partial charge in [-0.25, -0.2) is 8.42 Å². The predicted octanol–water partition coefficient (Wildman–Crippen LogP) is 6.32. The lowest BCUT2D eigenvalue weighted by Gasteiger charge is -2.34. The molecule has 2 amide bonds. The fourth-order valence-electron chi connectivity index (χ4n) is 4.94. The third-order valence-electron chi connectivity index (χ3n) is 7.27. The number of nitrogens with one attached hydrogen (secondary N) is 1. The summed E-state index contributed by atoms with van der Waals surface area (Å²) in [6.07, 6.45) is 0.227. The molecule has 1 atom stereocenters. The molecule has 1 N–H and O–H groups in total. The molecule has 4 aromatic rings. The number of rotatable bonds is 12. The highest BCUT2D eigenvalue weighted by Crippen LogP contribution is 2.28. The molecule has 0 fully saturated rings. The van der Waals surface area contributed by atoms with Crippen LogP contribution in [0.2, 0.25) is 5.02 Å². The molecule has 0 aliphatic carbocycles. The van der Waals surface area contributed by atoms with E-state index in [2.05, 4.69) is 5.32 Å². The van der Waals surface area contributed by atoms with Gasteiger partial charge in [-0.15, -0.1) is 0 Å². The van der Waals surface area contributed by atoms with Gasteiger partial charge in [0.2, 0.25) is 11.8 Å². The first-order valence-corrected chi connectivity index (χ1v) is 16.3. The number of hydrogen-bond donors (Lipinski definition) is 1. The Morgan fingerprint density at radius 3 is 2.07 bits per heavy atom. The molecule has 0 saturated heterocycles. The molecule has 0 heterocycles. The SMILES string of the molecule is Cc1ccc(S(=O)(=O)N(CC(=O)N(Cc2ccccc2Cl)[C@@H](Cc2ccccc2)C(=O)NC(C)C)c2ccccc2C)cc1. The Balaban J connectivity index is 1.82. The minimum absolute atomic E-state index is 0.00765. The van der Waals surface area contributed by atoms with E-state index in [0.717, 1.165) is 15.4 Å². The molecule has 230 valence electrons. The zero-order valence-electron chi connectivity index (χ0n) is 25.4. The number of halogens is 1. The second kappa shape index (κ2) is 14.6. The molecule has 9 heteroatoms. The van der Waals surface area contributed by atoms with Gasteiger partial charge >= 0.3 is 0 Å². The summed E-state index contributed by atoms with van der Waals surface area (Å²) < 4.78 is 29.5. The van der Waals surface area contributed by atoms with Crippen molar-refractivity contribution < 1.29 is 18.0 Å². The van der Waals surface area contributed by atoms with Crippen molar-refractivity contribution >= 4 is 39.1 Å². The maximum Gasteiger partial charge on any atom is 0.264 e. The summed E-state index contributed by atoms with van der Waals surface area (Å²) in [5.74, 6) is -0.878. The smallest absolute Gasteiger partial charge is 0.264 e. The van der Waals surface area contributed by atoms with E-state index in [4.69, 9.17) is 11.6 Å². The van der Waals surface area contributed by atoms with Crippen LogP contribution in [0.1, 0.15) is 36.1 Å². The number of carbonyl (C=O) groups is 2. The van der Waals surface area contributed by atoms with Gasteiger partial charge < -0.3 is 10.2 Å². The maximum absolute atomic E-state index is 14.5. The van der Waals surface area contributed by atoms with E-state index in [0.29, 0.717) is 21.8 Å². The summed E-state index contributed by atoms with van der Waals surface area (Å²) in [6.45, 7) is 6.87. The quantitative estimate of drug-likeness (QED) is 0.198. The van der Waals surface area contributed by atoms with Crippen molar-refractivity contribution in [2.24, 2.45) is 0 Å². The monoisotopic (exact) mass is 631 g/mol. The van der Waals surface area contributed by atoms with Gasteiger partial charge in [-0.1, -0.05) is 96.0 Å². The summed E-state index contributed by atoms with van der Waals surface area (Å²) in [4.78, 5) is 29.8. The Bertz CT molecular complexity index is 1690. The van der Waals surface area contributed by atoms with Crippen molar-refractivity contribution in [3.05, 3.63) is 130 Å². The van der Waals surface area contributed by atoms with Gasteiger partial charge in [0.05, 0.1) is 10.6 Å². The summed E-state index contributed by atoms with van der Waals surface area (Å²) in [5.41, 5.74) is 3.48. The summed E-state index contributed by atoms with van der Waals surface area (Å²) in [7, 11) is -4.17. The van der Waals surface area contributed by atoms with E-state index in [1.165, 1.54) is 17.0 Å². The number of carbonyl (C=O) groups excluding carboxylic acids is 2. The van der Waals surface area contributed by atoms with Crippen LogP contribution in [0, 0.1) is 13.8 Å². The maximum atomic E-state index is 14.5. The van der Waals surface area contributed by atoms with Crippen molar-refractivity contribution in [1.82, 2.24) is 10.2 Å². The Morgan fingerprint density at radius 2 is 1.43 bits per heavy atom. The molecule has 4 aromatic carbocycles. The Kier molecular flexibility index (Phi) is 10.8. The van der Waals surface area contributed by atoms with E-state index in [1.807, 2.05) is 63.2 Å². The van der Waals surface area contributed by atoms with Gasteiger partial charge in [0.1, 0.15) is 12.6 Å². The Morgan fingerprint density at radius 1 is 0.818 bits per heavy atom. The third-order valence-corrected chi connectivity index (χ3v) is 9.42. The van der Waals surface area contributed by atoms with Gasteiger partial charge in [-0.05, 0) is 68.7 Å². The minimum atomic E-state index is -4.17. The lowest BCUT2D eigenvalue weighted by Crippen LogP contribution is -2.54. The van der Waals surface area contributed by atoms with Crippen LogP contribution in [0.5, 0.6) is 0 Å². The number of sulfonamides is 1. The molecule has 44 heavy (non-hydrogen) atoms. The molecule has 0 aromatic heterocycles. The van der Waals surface area contributed by atoms with Crippen molar-refractivity contribution in [1.29, 1.82) is 0 Å². The Labute approximate surface area is 265 Å². The normalized spacial score (nSPS) is 12.0. The molecular formula is C35H38ClN3O4S. The van der Waals surface area contributed by atoms with Crippen molar-refractivity contribution in [3.63, 3.8) is 0 Å². The first-order valence-electron chi connectivity index (χ1n) is 14.5. The van der Waals surface area contributed by atoms with E-state index in [1.54, 1.807) is 55.5 Å². The van der Waals surface area contributed by atoms with Crippen LogP contribution in [0.25, 0.3) is 0 Å². The van der Waals surface area contributed by atoms with E-state index in [9.17, 15) is 18.0 Å². The van der Waals surface area contributed by atoms with Crippen LogP contribution in [0.4, 0.5) is 5.69 Å². The lowest BCUT2D eigenvalue weighted by atomic mass is 10.0. The largest absolute Gasteiger partial charge is 0.352 e. The molecule has 0 radical (unpaired) electrons. The van der Waals surface area contributed by atoms with Crippen molar-refractivity contribution in [3.8, 4) is 0 Å². The van der Waals surface area contributed by atoms with Crippen LogP contribution in [0.15, 0.2) is 108 Å². The molecular weight excluding hydrogens is 594 g/mol. The second-order valence-corrected chi connectivity index (χ2v) is 13.4. The number of amides is 2. The zero-order valence-corrected chi connectivity index (χ0v) is 27.0. The van der Waals surface area contributed by atoms with E-state index in [-0.39, 0.29) is 29.8 Å². The highest BCUT2D eigenvalue weighted by molar-refractivity contribution is 7.92. The number of para-hydroxylation sites is 1. The zero-order chi connectivity index (χ0) is 31.9. The molecule has 0 saturated carbocycles. The first-order chi connectivity index (χ1) is 21.0. The molecule has 0 bridgehead atoms. The summed E-state index contributed by atoms with van der Waals surface area (Å²) in [5, 5.41) is 3.40. The molecule has 0 aliphatic rings. The summed E-state index contributed by atoms with van der Waals surface area (Å²) in [6, 6.07) is 29.0. The van der Waals surface area contributed by atoms with Gasteiger partial charge in [0, 0.05) is 24.0 Å². The number of anilines is 1. The lowest BCUT2D eigenvalue weighted by molar-refractivity contribution is -0.140. The molecule has 7 nitrogen and oxygen atoms in total. The van der Waals surface area contributed by atoms with Gasteiger partial charge in [-0.2, -0.15) is 0 Å². The highest BCUT2D eigenvalue weighted by Gasteiger charge is 2.35. The number of hydrogen-bond acceptors (Lipinski definition) is 4. The fourth-order valence-corrected chi connectivity index (χ4v) is 6.61. The van der Waals surface area contributed by atoms with Gasteiger partial charge in [0.25, 0.3) is 10.0 Å². The van der Waals surface area contributed by atoms with Crippen LogP contribution in [-0.4, -0.2) is 43.8 Å². The average molecular weight is 632 g/mol. The first kappa shape index (κ1) is 32.8. The van der Waals surface area contributed by atoms with E-state index < -0.39 is 28.5 Å². The molecule has 4 rings (SSSR count). The van der Waals surface area contributed by atoms with Crippen LogP contribution < -0.4 is 9.62 Å². The fraction of sp³-hybridized carbons (Fsp3) is 0.257. The van der Waals surface area contributed by atoms with Crippen molar-refractivity contribution in [2.45, 2.75) is 57.6 Å². The molecule has 0 spiro atoms. The van der Waals surface area contributed by atoms with Crippen LogP contribution >= 0.6 is 11.6 Å². The number of benzene rings is 4. The topological polar surface area (TPSA) is 86.8 Å². The van der Waals surface area contributed by atoms with Gasteiger partial charge in [-0.3, -0.25) is 13.9 Å². The highest BCUT2D eigenvalue weighted by atomic mass is 35.5. The number of nitrogens with zero attached hydrogens (tertiary/aromatic N) is 2. The standard InChI is InChI=1S/C35H38ClN3O4S/c1-25(2)37-35(41)33(22-28-13-6-5-7-14-28)38(23-29-15-9-10-16-31(29)36)34(40)24-39(32-17-11-8-12-27(32)4)44(42,43)30-20-18-26(3)19-21-30/h5-21,25,33H,22-24H2,1-4H3,(H,37,41)/t33-/m0/s1. The van der Waals surface area contributed by atoms with Crippen molar-refractivity contribution in [2.75, 3.05) is 10.8 Å². The van der Waals surface area contributed by atoms with E-state index >= 15 is 0 Å².